The first-order chi connectivity index (χ1) is 8.81. The summed E-state index contributed by atoms with van der Waals surface area (Å²) in [6, 6.07) is 5.87. The number of hydrogen-bond donors (Lipinski definition) is 1. The lowest BCUT2D eigenvalue weighted by molar-refractivity contribution is 0.632. The summed E-state index contributed by atoms with van der Waals surface area (Å²) in [5, 5.41) is 0.906. The summed E-state index contributed by atoms with van der Waals surface area (Å²) in [5.74, 6) is 0. The van der Waals surface area contributed by atoms with Crippen molar-refractivity contribution in [3.63, 3.8) is 0 Å². The number of thioether (sulfide) groups is 1. The smallest absolute Gasteiger partial charge is 0.188 e. The normalized spacial score (nSPS) is 14.1. The zero-order chi connectivity index (χ0) is 12.8. The van der Waals surface area contributed by atoms with Gasteiger partial charge in [0.05, 0.1) is 5.25 Å². The predicted octanol–water partition coefficient (Wildman–Crippen LogP) is 2.44. The largest absolute Gasteiger partial charge is 0.326 e. The summed E-state index contributed by atoms with van der Waals surface area (Å²) < 4.78 is 0. The Balaban J connectivity index is 2.21. The molecule has 0 aliphatic carbocycles. The summed E-state index contributed by atoms with van der Waals surface area (Å²) in [4.78, 5) is 12.5. The summed E-state index contributed by atoms with van der Waals surface area (Å²) in [6.07, 6.45) is 7.98. The van der Waals surface area contributed by atoms with Crippen LogP contribution in [0.25, 0.3) is 0 Å². The molecule has 94 valence electrons. The molecule has 0 radical (unpaired) electrons. The topological polar surface area (TPSA) is 64.7 Å². The van der Waals surface area contributed by atoms with Crippen LogP contribution in [0.1, 0.15) is 24.2 Å². The molecule has 2 unspecified atom stereocenters. The van der Waals surface area contributed by atoms with E-state index in [2.05, 4.69) is 21.9 Å². The van der Waals surface area contributed by atoms with Gasteiger partial charge < -0.3 is 5.73 Å². The van der Waals surface area contributed by atoms with E-state index in [1.54, 1.807) is 36.5 Å². The molecule has 2 aromatic rings. The van der Waals surface area contributed by atoms with Crippen LogP contribution in [-0.4, -0.2) is 21.0 Å². The molecular formula is C13H16N4S. The lowest BCUT2D eigenvalue weighted by Crippen LogP contribution is -2.25. The van der Waals surface area contributed by atoms with Crippen LogP contribution in [0.5, 0.6) is 0 Å². The van der Waals surface area contributed by atoms with E-state index in [4.69, 9.17) is 5.73 Å². The first-order valence-corrected chi connectivity index (χ1v) is 6.78. The monoisotopic (exact) mass is 260 g/mol. The van der Waals surface area contributed by atoms with Gasteiger partial charge >= 0.3 is 0 Å². The maximum atomic E-state index is 6.20. The molecule has 0 aliphatic heterocycles. The van der Waals surface area contributed by atoms with Crippen molar-refractivity contribution in [3.8, 4) is 0 Å². The molecule has 2 atom stereocenters. The number of nitrogens with zero attached hydrogens (tertiary/aromatic N) is 3. The second-order valence-corrected chi connectivity index (χ2v) is 5.03. The van der Waals surface area contributed by atoms with Gasteiger partial charge in [0.15, 0.2) is 5.16 Å². The number of hydrogen-bond acceptors (Lipinski definition) is 5. The van der Waals surface area contributed by atoms with E-state index in [1.807, 2.05) is 18.2 Å². The molecule has 0 saturated carbocycles. The summed E-state index contributed by atoms with van der Waals surface area (Å²) in [6.45, 7) is 2.09. The Morgan fingerprint density at radius 1 is 1.17 bits per heavy atom. The van der Waals surface area contributed by atoms with Crippen molar-refractivity contribution in [1.82, 2.24) is 15.0 Å². The van der Waals surface area contributed by atoms with E-state index in [-0.39, 0.29) is 11.3 Å². The van der Waals surface area contributed by atoms with Crippen molar-refractivity contribution in [2.24, 2.45) is 5.73 Å². The molecule has 0 bridgehead atoms. The van der Waals surface area contributed by atoms with Crippen molar-refractivity contribution >= 4 is 11.8 Å². The van der Waals surface area contributed by atoms with Crippen LogP contribution in [0.2, 0.25) is 0 Å². The van der Waals surface area contributed by atoms with Gasteiger partial charge in [-0.15, -0.1) is 0 Å². The van der Waals surface area contributed by atoms with Gasteiger partial charge in [0, 0.05) is 30.8 Å². The predicted molar refractivity (Wildman–Crippen MR) is 73.1 cm³/mol. The highest BCUT2D eigenvalue weighted by Gasteiger charge is 2.20. The highest BCUT2D eigenvalue weighted by Crippen LogP contribution is 2.35. The molecule has 0 fully saturated rings. The van der Waals surface area contributed by atoms with Gasteiger partial charge in [-0.05, 0) is 30.2 Å². The van der Waals surface area contributed by atoms with Gasteiger partial charge in [-0.2, -0.15) is 0 Å². The maximum absolute atomic E-state index is 6.20. The minimum Gasteiger partial charge on any atom is -0.326 e. The second kappa shape index (κ2) is 6.47. The van der Waals surface area contributed by atoms with Crippen LogP contribution in [0, 0.1) is 0 Å². The molecule has 0 spiro atoms. The Kier molecular flexibility index (Phi) is 4.66. The first-order valence-electron chi connectivity index (χ1n) is 5.90. The fourth-order valence-corrected chi connectivity index (χ4v) is 2.76. The molecule has 18 heavy (non-hydrogen) atoms. The van der Waals surface area contributed by atoms with E-state index < -0.39 is 0 Å². The third-order valence-corrected chi connectivity index (χ3v) is 3.97. The molecule has 0 aromatic carbocycles. The molecule has 2 aromatic heterocycles. The lowest BCUT2D eigenvalue weighted by Gasteiger charge is -2.21. The SMILES string of the molecule is CCC(N)C(Sc1ncccn1)c1ccncc1. The van der Waals surface area contributed by atoms with Gasteiger partial charge in [-0.25, -0.2) is 9.97 Å². The molecular weight excluding hydrogens is 244 g/mol. The third-order valence-electron chi connectivity index (χ3n) is 2.67. The Morgan fingerprint density at radius 3 is 2.44 bits per heavy atom. The molecule has 0 amide bonds. The zero-order valence-corrected chi connectivity index (χ0v) is 11.0. The van der Waals surface area contributed by atoms with Crippen LogP contribution in [0.4, 0.5) is 0 Å². The number of rotatable bonds is 5. The Morgan fingerprint density at radius 2 is 1.83 bits per heavy atom. The van der Waals surface area contributed by atoms with E-state index in [0.29, 0.717) is 0 Å². The van der Waals surface area contributed by atoms with Crippen LogP contribution in [-0.2, 0) is 0 Å². The first kappa shape index (κ1) is 13.0. The van der Waals surface area contributed by atoms with Crippen molar-refractivity contribution in [2.75, 3.05) is 0 Å². The quantitative estimate of drug-likeness (QED) is 0.660. The Bertz CT molecular complexity index is 463. The molecule has 2 heterocycles. The van der Waals surface area contributed by atoms with E-state index in [1.165, 1.54) is 0 Å². The molecule has 0 saturated heterocycles. The van der Waals surface area contributed by atoms with Crippen molar-refractivity contribution in [3.05, 3.63) is 48.5 Å². The molecule has 5 heteroatoms. The van der Waals surface area contributed by atoms with Gasteiger partial charge in [-0.3, -0.25) is 4.98 Å². The molecule has 4 nitrogen and oxygen atoms in total. The van der Waals surface area contributed by atoms with Crippen LogP contribution >= 0.6 is 11.8 Å². The zero-order valence-electron chi connectivity index (χ0n) is 10.2. The van der Waals surface area contributed by atoms with Crippen molar-refractivity contribution in [2.45, 2.75) is 29.8 Å². The molecule has 2 N–H and O–H groups in total. The van der Waals surface area contributed by atoms with Crippen LogP contribution in [0.15, 0.2) is 48.1 Å². The highest BCUT2D eigenvalue weighted by atomic mass is 32.2. The summed E-state index contributed by atoms with van der Waals surface area (Å²) in [7, 11) is 0. The van der Waals surface area contributed by atoms with Crippen molar-refractivity contribution < 1.29 is 0 Å². The summed E-state index contributed by atoms with van der Waals surface area (Å²) >= 11 is 1.60. The number of aromatic nitrogens is 3. The average molecular weight is 260 g/mol. The summed E-state index contributed by atoms with van der Waals surface area (Å²) in [5.41, 5.74) is 7.36. The minimum absolute atomic E-state index is 0.0706. The van der Waals surface area contributed by atoms with Crippen LogP contribution < -0.4 is 5.73 Å². The molecule has 0 aliphatic rings. The number of nitrogens with two attached hydrogens (primary N) is 1. The maximum Gasteiger partial charge on any atom is 0.188 e. The van der Waals surface area contributed by atoms with E-state index in [9.17, 15) is 0 Å². The fourth-order valence-electron chi connectivity index (χ4n) is 1.63. The van der Waals surface area contributed by atoms with Gasteiger partial charge in [0.25, 0.3) is 0 Å². The average Bonchev–Trinajstić information content (AvgIpc) is 2.46. The minimum atomic E-state index is 0.0706. The molecule has 2 rings (SSSR count). The lowest BCUT2D eigenvalue weighted by atomic mass is 10.1. The third kappa shape index (κ3) is 3.27. The standard InChI is InChI=1S/C13H16N4S/c1-2-11(14)12(10-4-8-15-9-5-10)18-13-16-6-3-7-17-13/h3-9,11-12H,2,14H2,1H3. The van der Waals surface area contributed by atoms with E-state index >= 15 is 0 Å². The van der Waals surface area contributed by atoms with Crippen molar-refractivity contribution in [1.29, 1.82) is 0 Å². The number of pyridine rings is 1. The Hall–Kier alpha value is -1.46. The second-order valence-electron chi connectivity index (χ2n) is 3.92. The van der Waals surface area contributed by atoms with Gasteiger partial charge in [-0.1, -0.05) is 18.7 Å². The highest BCUT2D eigenvalue weighted by molar-refractivity contribution is 7.99. The fraction of sp³-hybridized carbons (Fsp3) is 0.308. The van der Waals surface area contributed by atoms with E-state index in [0.717, 1.165) is 17.1 Å². The van der Waals surface area contributed by atoms with Gasteiger partial charge in [0.2, 0.25) is 0 Å². The Labute approximate surface area is 111 Å². The van der Waals surface area contributed by atoms with Crippen LogP contribution in [0.3, 0.4) is 0 Å². The van der Waals surface area contributed by atoms with Gasteiger partial charge in [0.1, 0.15) is 0 Å².